The third-order valence-electron chi connectivity index (χ3n) is 4.32. The minimum Gasteiger partial charge on any atom is -0.356 e. The first kappa shape index (κ1) is 15.3. The van der Waals surface area contributed by atoms with Crippen molar-refractivity contribution >= 4 is 5.82 Å². The maximum atomic E-state index is 4.74. The second-order valence-corrected chi connectivity index (χ2v) is 7.05. The highest BCUT2D eigenvalue weighted by atomic mass is 15.2. The lowest BCUT2D eigenvalue weighted by Gasteiger charge is -2.27. The van der Waals surface area contributed by atoms with E-state index < -0.39 is 0 Å². The fraction of sp³-hybridized carbons (Fsp3) is 0.706. The largest absolute Gasteiger partial charge is 0.356 e. The van der Waals surface area contributed by atoms with Crippen LogP contribution < -0.4 is 10.2 Å². The SMILES string of the molecule is CCNCc1cc(C)nc(N2CCC(C(C)(C)C)C2)c1. The zero-order chi connectivity index (χ0) is 14.8. The molecule has 0 aromatic carbocycles. The van der Waals surface area contributed by atoms with E-state index in [0.717, 1.165) is 43.6 Å². The number of hydrogen-bond donors (Lipinski definition) is 1. The van der Waals surface area contributed by atoms with Crippen LogP contribution >= 0.6 is 0 Å². The van der Waals surface area contributed by atoms with E-state index in [1.165, 1.54) is 12.0 Å². The molecule has 1 saturated heterocycles. The highest BCUT2D eigenvalue weighted by molar-refractivity contribution is 5.44. The van der Waals surface area contributed by atoms with Gasteiger partial charge in [-0.1, -0.05) is 27.7 Å². The van der Waals surface area contributed by atoms with Crippen LogP contribution in [0, 0.1) is 18.3 Å². The summed E-state index contributed by atoms with van der Waals surface area (Å²) in [6.07, 6.45) is 1.28. The quantitative estimate of drug-likeness (QED) is 0.913. The van der Waals surface area contributed by atoms with Crippen LogP contribution in [0.5, 0.6) is 0 Å². The van der Waals surface area contributed by atoms with E-state index in [0.29, 0.717) is 5.41 Å². The van der Waals surface area contributed by atoms with Gasteiger partial charge in [0.2, 0.25) is 0 Å². The van der Waals surface area contributed by atoms with Crippen LogP contribution in [0.2, 0.25) is 0 Å². The monoisotopic (exact) mass is 275 g/mol. The van der Waals surface area contributed by atoms with Crippen LogP contribution in [0.4, 0.5) is 5.82 Å². The van der Waals surface area contributed by atoms with Crippen molar-refractivity contribution in [1.29, 1.82) is 0 Å². The Morgan fingerprint density at radius 2 is 2.10 bits per heavy atom. The number of pyridine rings is 1. The van der Waals surface area contributed by atoms with Crippen LogP contribution in [0.1, 0.15) is 45.4 Å². The predicted molar refractivity (Wildman–Crippen MR) is 86.1 cm³/mol. The zero-order valence-electron chi connectivity index (χ0n) is 13.7. The summed E-state index contributed by atoms with van der Waals surface area (Å²) in [6, 6.07) is 4.43. The first-order valence-electron chi connectivity index (χ1n) is 7.83. The van der Waals surface area contributed by atoms with Gasteiger partial charge in [0.15, 0.2) is 0 Å². The normalized spacial score (nSPS) is 19.6. The Labute approximate surface area is 123 Å². The molecule has 0 radical (unpaired) electrons. The summed E-state index contributed by atoms with van der Waals surface area (Å²) in [4.78, 5) is 7.20. The number of hydrogen-bond acceptors (Lipinski definition) is 3. The summed E-state index contributed by atoms with van der Waals surface area (Å²) < 4.78 is 0. The molecule has 1 fully saturated rings. The minimum atomic E-state index is 0.394. The maximum Gasteiger partial charge on any atom is 0.129 e. The highest BCUT2D eigenvalue weighted by Gasteiger charge is 2.32. The molecule has 20 heavy (non-hydrogen) atoms. The number of nitrogens with zero attached hydrogens (tertiary/aromatic N) is 2. The molecular weight excluding hydrogens is 246 g/mol. The molecule has 0 spiro atoms. The fourth-order valence-electron chi connectivity index (χ4n) is 2.93. The van der Waals surface area contributed by atoms with Crippen LogP contribution in [0.25, 0.3) is 0 Å². The second kappa shape index (κ2) is 6.13. The Kier molecular flexibility index (Phi) is 4.69. The number of anilines is 1. The lowest BCUT2D eigenvalue weighted by Crippen LogP contribution is -2.26. The first-order valence-corrected chi connectivity index (χ1v) is 7.83. The second-order valence-electron chi connectivity index (χ2n) is 7.05. The molecule has 0 saturated carbocycles. The molecule has 112 valence electrons. The molecule has 1 N–H and O–H groups in total. The smallest absolute Gasteiger partial charge is 0.129 e. The summed E-state index contributed by atoms with van der Waals surface area (Å²) in [5.41, 5.74) is 2.86. The predicted octanol–water partition coefficient (Wildman–Crippen LogP) is 3.37. The lowest BCUT2D eigenvalue weighted by atomic mass is 9.80. The number of aromatic nitrogens is 1. The van der Waals surface area contributed by atoms with Gasteiger partial charge in [0.25, 0.3) is 0 Å². The Balaban J connectivity index is 2.11. The molecule has 3 heteroatoms. The molecule has 1 aromatic rings. The van der Waals surface area contributed by atoms with Gasteiger partial charge in [-0.2, -0.15) is 0 Å². The van der Waals surface area contributed by atoms with Crippen molar-refractivity contribution in [2.75, 3.05) is 24.5 Å². The molecule has 0 aliphatic carbocycles. The van der Waals surface area contributed by atoms with E-state index in [2.05, 4.69) is 57.0 Å². The summed E-state index contributed by atoms with van der Waals surface area (Å²) >= 11 is 0. The number of aryl methyl sites for hydroxylation is 1. The topological polar surface area (TPSA) is 28.2 Å². The molecule has 0 bridgehead atoms. The van der Waals surface area contributed by atoms with Crippen LogP contribution in [-0.2, 0) is 6.54 Å². The summed E-state index contributed by atoms with van der Waals surface area (Å²) in [7, 11) is 0. The van der Waals surface area contributed by atoms with Crippen molar-refractivity contribution in [1.82, 2.24) is 10.3 Å². The van der Waals surface area contributed by atoms with Crippen LogP contribution in [0.15, 0.2) is 12.1 Å². The standard InChI is InChI=1S/C17H29N3/c1-6-18-11-14-9-13(2)19-16(10-14)20-8-7-15(12-20)17(3,4)5/h9-10,15,18H,6-8,11-12H2,1-5H3. The molecule has 1 aliphatic heterocycles. The Morgan fingerprint density at radius 1 is 1.35 bits per heavy atom. The van der Waals surface area contributed by atoms with Gasteiger partial charge >= 0.3 is 0 Å². The average molecular weight is 275 g/mol. The Morgan fingerprint density at radius 3 is 2.70 bits per heavy atom. The van der Waals surface area contributed by atoms with Gasteiger partial charge in [-0.25, -0.2) is 4.98 Å². The highest BCUT2D eigenvalue weighted by Crippen LogP contribution is 2.35. The number of nitrogens with one attached hydrogen (secondary N) is 1. The third kappa shape index (κ3) is 3.72. The number of rotatable bonds is 4. The molecule has 1 atom stereocenters. The van der Waals surface area contributed by atoms with Gasteiger partial charge in [-0.3, -0.25) is 0 Å². The average Bonchev–Trinajstić information content (AvgIpc) is 2.85. The first-order chi connectivity index (χ1) is 9.40. The van der Waals surface area contributed by atoms with Gasteiger partial charge in [-0.15, -0.1) is 0 Å². The minimum absolute atomic E-state index is 0.394. The summed E-state index contributed by atoms with van der Waals surface area (Å²) in [5, 5.41) is 3.40. The molecule has 2 rings (SSSR count). The van der Waals surface area contributed by atoms with Crippen LogP contribution in [0.3, 0.4) is 0 Å². The van der Waals surface area contributed by atoms with Crippen molar-refractivity contribution in [3.63, 3.8) is 0 Å². The zero-order valence-corrected chi connectivity index (χ0v) is 13.7. The molecule has 1 aromatic heterocycles. The van der Waals surface area contributed by atoms with E-state index in [9.17, 15) is 0 Å². The van der Waals surface area contributed by atoms with Gasteiger partial charge in [0, 0.05) is 25.3 Å². The lowest BCUT2D eigenvalue weighted by molar-refractivity contribution is 0.263. The van der Waals surface area contributed by atoms with E-state index >= 15 is 0 Å². The van der Waals surface area contributed by atoms with Crippen molar-refractivity contribution in [3.8, 4) is 0 Å². The van der Waals surface area contributed by atoms with Crippen molar-refractivity contribution in [2.45, 2.75) is 47.6 Å². The molecule has 1 unspecified atom stereocenters. The van der Waals surface area contributed by atoms with E-state index in [-0.39, 0.29) is 0 Å². The van der Waals surface area contributed by atoms with Gasteiger partial charge in [0.1, 0.15) is 5.82 Å². The molecule has 1 aliphatic rings. The Hall–Kier alpha value is -1.09. The van der Waals surface area contributed by atoms with E-state index in [1.807, 2.05) is 0 Å². The molecular formula is C17H29N3. The van der Waals surface area contributed by atoms with Crippen molar-refractivity contribution in [3.05, 3.63) is 23.4 Å². The van der Waals surface area contributed by atoms with Gasteiger partial charge in [-0.05, 0) is 48.9 Å². The van der Waals surface area contributed by atoms with E-state index in [1.54, 1.807) is 0 Å². The maximum absolute atomic E-state index is 4.74. The van der Waals surface area contributed by atoms with Crippen molar-refractivity contribution in [2.24, 2.45) is 11.3 Å². The molecule has 2 heterocycles. The molecule has 3 nitrogen and oxygen atoms in total. The fourth-order valence-corrected chi connectivity index (χ4v) is 2.93. The van der Waals surface area contributed by atoms with Crippen LogP contribution in [-0.4, -0.2) is 24.6 Å². The third-order valence-corrected chi connectivity index (χ3v) is 4.32. The van der Waals surface area contributed by atoms with Crippen molar-refractivity contribution < 1.29 is 0 Å². The molecule has 0 amide bonds. The van der Waals surface area contributed by atoms with Gasteiger partial charge in [0.05, 0.1) is 0 Å². The Bertz CT molecular complexity index is 448. The van der Waals surface area contributed by atoms with E-state index in [4.69, 9.17) is 4.98 Å². The summed E-state index contributed by atoms with van der Waals surface area (Å²) in [6.45, 7) is 15.5. The summed E-state index contributed by atoms with van der Waals surface area (Å²) in [5.74, 6) is 1.92. The van der Waals surface area contributed by atoms with Gasteiger partial charge < -0.3 is 10.2 Å².